The Bertz CT molecular complexity index is 1080. The maximum atomic E-state index is 11.7. The van der Waals surface area contributed by atoms with Crippen LogP contribution in [0, 0.1) is 10.8 Å². The third kappa shape index (κ3) is 12.4. The van der Waals surface area contributed by atoms with E-state index in [0.717, 1.165) is 0 Å². The summed E-state index contributed by atoms with van der Waals surface area (Å²) in [7, 11) is 0. The summed E-state index contributed by atoms with van der Waals surface area (Å²) in [5.74, 6) is 0.209. The zero-order valence-electron chi connectivity index (χ0n) is 20.4. The molecule has 0 heterocycles. The summed E-state index contributed by atoms with van der Waals surface area (Å²) in [4.78, 5) is 23.4. The molecular formula is C23H32Cl2N10O2. The van der Waals surface area contributed by atoms with Gasteiger partial charge in [-0.15, -0.1) is 24.8 Å². The average Bonchev–Trinajstić information content (AvgIpc) is 2.81. The van der Waals surface area contributed by atoms with Crippen molar-refractivity contribution < 1.29 is 9.59 Å². The molecule has 0 saturated heterocycles. The standard InChI is InChI=1S/C23H30N10O2.2ClH/c1-14(34)16-6-3-8-18(12-16)28-20(30-32-22(24)25)10-5-11-21(31-33-23(26)27)29-19-9-4-7-17(13-19)15(2)35;;/h3-4,6-9,12-13H,5,10-11H2,1-2H3,(H,28,30)(H,29,31)(H4,24,25,32)(H4,26,27,33);2*1H. The SMILES string of the molecule is CC(=O)c1cccc(NC(CCCC(=NNC(=N)N)Nc2cccc(C(C)=O)c2)=NNC(=N)N)c1.Cl.Cl. The Morgan fingerprint density at radius 3 is 1.46 bits per heavy atom. The van der Waals surface area contributed by atoms with E-state index < -0.39 is 0 Å². The lowest BCUT2D eigenvalue weighted by Crippen LogP contribution is -2.29. The Balaban J connectivity index is 0.00000648. The number of carbonyl (C=O) groups excluding carboxylic acids is 2. The highest BCUT2D eigenvalue weighted by Crippen LogP contribution is 2.15. The van der Waals surface area contributed by atoms with Crippen LogP contribution in [-0.4, -0.2) is 35.2 Å². The number of nitrogens with one attached hydrogen (secondary N) is 6. The first-order chi connectivity index (χ1) is 16.6. The maximum absolute atomic E-state index is 11.7. The smallest absolute Gasteiger partial charge is 0.206 e. The van der Waals surface area contributed by atoms with Gasteiger partial charge in [0.05, 0.1) is 0 Å². The number of nitrogens with two attached hydrogens (primary N) is 2. The van der Waals surface area contributed by atoms with E-state index in [1.807, 2.05) is 0 Å². The number of Topliss-reactive ketones (excluding diaryl/α,β-unsaturated/α-hetero) is 2. The number of anilines is 2. The second-order valence-electron chi connectivity index (χ2n) is 7.55. The topological polar surface area (TPSA) is 207 Å². The molecule has 0 fully saturated rings. The van der Waals surface area contributed by atoms with Gasteiger partial charge in [0.2, 0.25) is 11.9 Å². The Morgan fingerprint density at radius 1 is 0.757 bits per heavy atom. The molecule has 0 aromatic heterocycles. The maximum Gasteiger partial charge on any atom is 0.206 e. The molecule has 0 spiro atoms. The molecule has 200 valence electrons. The van der Waals surface area contributed by atoms with Crippen LogP contribution in [0.4, 0.5) is 11.4 Å². The number of benzene rings is 2. The number of hydrogen-bond donors (Lipinski definition) is 8. The number of amidine groups is 2. The molecule has 2 aromatic carbocycles. The highest BCUT2D eigenvalue weighted by atomic mass is 35.5. The zero-order chi connectivity index (χ0) is 25.8. The Labute approximate surface area is 227 Å². The van der Waals surface area contributed by atoms with Gasteiger partial charge in [0.1, 0.15) is 11.7 Å². The largest absolute Gasteiger partial charge is 0.369 e. The molecule has 37 heavy (non-hydrogen) atoms. The van der Waals surface area contributed by atoms with Gasteiger partial charge in [0.25, 0.3) is 0 Å². The Kier molecular flexibility index (Phi) is 14.6. The van der Waals surface area contributed by atoms with Crippen molar-refractivity contribution in [3.63, 3.8) is 0 Å². The monoisotopic (exact) mass is 550 g/mol. The quantitative estimate of drug-likeness (QED) is 0.0949. The lowest BCUT2D eigenvalue weighted by atomic mass is 10.1. The van der Waals surface area contributed by atoms with Crippen LogP contribution >= 0.6 is 24.8 Å². The number of hydrogen-bond acceptors (Lipinski definition) is 6. The van der Waals surface area contributed by atoms with Gasteiger partial charge < -0.3 is 22.1 Å². The van der Waals surface area contributed by atoms with Crippen molar-refractivity contribution in [2.45, 2.75) is 33.1 Å². The van der Waals surface area contributed by atoms with E-state index in [9.17, 15) is 9.59 Å². The minimum atomic E-state index is -0.318. The van der Waals surface area contributed by atoms with Crippen LogP contribution < -0.4 is 33.0 Å². The highest BCUT2D eigenvalue weighted by molar-refractivity contribution is 6.01. The van der Waals surface area contributed by atoms with Gasteiger partial charge in [0.15, 0.2) is 11.6 Å². The van der Waals surface area contributed by atoms with E-state index in [2.05, 4.69) is 31.7 Å². The minimum Gasteiger partial charge on any atom is -0.369 e. The second kappa shape index (κ2) is 16.5. The van der Waals surface area contributed by atoms with Gasteiger partial charge in [-0.1, -0.05) is 24.3 Å². The summed E-state index contributed by atoms with van der Waals surface area (Å²) >= 11 is 0. The van der Waals surface area contributed by atoms with Gasteiger partial charge >= 0.3 is 0 Å². The van der Waals surface area contributed by atoms with Crippen molar-refractivity contribution in [3.05, 3.63) is 59.7 Å². The van der Waals surface area contributed by atoms with Crippen molar-refractivity contribution in [1.29, 1.82) is 10.8 Å². The zero-order valence-corrected chi connectivity index (χ0v) is 22.1. The lowest BCUT2D eigenvalue weighted by Gasteiger charge is -2.13. The predicted octanol–water partition coefficient (Wildman–Crippen LogP) is 3.22. The van der Waals surface area contributed by atoms with Crippen molar-refractivity contribution in [2.75, 3.05) is 10.6 Å². The molecule has 12 nitrogen and oxygen atoms in total. The fourth-order valence-electron chi connectivity index (χ4n) is 2.94. The van der Waals surface area contributed by atoms with Gasteiger partial charge in [-0.2, -0.15) is 10.2 Å². The van der Waals surface area contributed by atoms with E-state index in [-0.39, 0.29) is 48.3 Å². The van der Waals surface area contributed by atoms with Crippen LogP contribution in [0.1, 0.15) is 53.8 Å². The molecule has 0 aliphatic carbocycles. The predicted molar refractivity (Wildman–Crippen MR) is 153 cm³/mol. The molecule has 0 bridgehead atoms. The molecule has 0 unspecified atom stereocenters. The summed E-state index contributed by atoms with van der Waals surface area (Å²) < 4.78 is 0. The highest BCUT2D eigenvalue weighted by Gasteiger charge is 2.08. The van der Waals surface area contributed by atoms with E-state index in [4.69, 9.17) is 22.3 Å². The Morgan fingerprint density at radius 2 is 1.14 bits per heavy atom. The normalized spacial score (nSPS) is 10.8. The number of halogens is 2. The molecule has 0 atom stereocenters. The fourth-order valence-corrected chi connectivity index (χ4v) is 2.94. The molecule has 0 radical (unpaired) electrons. The number of ketones is 2. The van der Waals surface area contributed by atoms with Crippen molar-refractivity contribution in [1.82, 2.24) is 10.9 Å². The van der Waals surface area contributed by atoms with E-state index in [0.29, 0.717) is 53.4 Å². The van der Waals surface area contributed by atoms with Crippen LogP contribution in [-0.2, 0) is 0 Å². The third-order valence-electron chi connectivity index (χ3n) is 4.57. The fraction of sp³-hybridized carbons (Fsp3) is 0.217. The molecule has 0 amide bonds. The van der Waals surface area contributed by atoms with E-state index >= 15 is 0 Å². The molecule has 0 aliphatic rings. The summed E-state index contributed by atoms with van der Waals surface area (Å²) in [5, 5.41) is 29.3. The number of rotatable bonds is 10. The van der Waals surface area contributed by atoms with Gasteiger partial charge in [-0.3, -0.25) is 20.4 Å². The summed E-state index contributed by atoms with van der Waals surface area (Å²) in [6.07, 6.45) is 1.41. The van der Waals surface area contributed by atoms with Crippen molar-refractivity contribution in [3.8, 4) is 0 Å². The summed E-state index contributed by atoms with van der Waals surface area (Å²) in [6, 6.07) is 14.0. The summed E-state index contributed by atoms with van der Waals surface area (Å²) in [6.45, 7) is 2.97. The van der Waals surface area contributed by atoms with Gasteiger partial charge in [-0.05, 0) is 44.5 Å². The van der Waals surface area contributed by atoms with E-state index in [1.54, 1.807) is 48.5 Å². The second-order valence-corrected chi connectivity index (χ2v) is 7.55. The number of hydrazone groups is 2. The van der Waals surface area contributed by atoms with Crippen LogP contribution in [0.25, 0.3) is 0 Å². The molecular weight excluding hydrogens is 519 g/mol. The first-order valence-corrected chi connectivity index (χ1v) is 10.7. The van der Waals surface area contributed by atoms with Gasteiger partial charge in [-0.25, -0.2) is 10.9 Å². The Hall–Kier alpha value is -4.16. The van der Waals surface area contributed by atoms with Gasteiger partial charge in [0, 0.05) is 35.3 Å². The van der Waals surface area contributed by atoms with Crippen molar-refractivity contribution >= 4 is 71.3 Å². The first kappa shape index (κ1) is 32.8. The molecule has 2 rings (SSSR count). The molecule has 0 aliphatic heterocycles. The van der Waals surface area contributed by atoms with E-state index in [1.165, 1.54) is 13.8 Å². The molecule has 10 N–H and O–H groups in total. The number of carbonyl (C=O) groups is 2. The first-order valence-electron chi connectivity index (χ1n) is 10.7. The lowest BCUT2D eigenvalue weighted by molar-refractivity contribution is 0.100. The average molecular weight is 551 g/mol. The number of nitrogens with zero attached hydrogens (tertiary/aromatic N) is 2. The molecule has 2 aromatic rings. The van der Waals surface area contributed by atoms with Crippen LogP contribution in [0.5, 0.6) is 0 Å². The molecule has 14 heteroatoms. The van der Waals surface area contributed by atoms with Crippen LogP contribution in [0.2, 0.25) is 0 Å². The molecule has 0 saturated carbocycles. The number of guanidine groups is 2. The van der Waals surface area contributed by atoms with Crippen LogP contribution in [0.15, 0.2) is 58.7 Å². The summed E-state index contributed by atoms with van der Waals surface area (Å²) in [5.41, 5.74) is 18.0. The van der Waals surface area contributed by atoms with Crippen LogP contribution in [0.3, 0.4) is 0 Å². The van der Waals surface area contributed by atoms with Crippen molar-refractivity contribution in [2.24, 2.45) is 21.7 Å². The third-order valence-corrected chi connectivity index (χ3v) is 4.57. The minimum absolute atomic E-state index is 0.